The van der Waals surface area contributed by atoms with Crippen molar-refractivity contribution in [2.24, 2.45) is 0 Å². The first-order valence-electron chi connectivity index (χ1n) is 3.89. The van der Waals surface area contributed by atoms with Gasteiger partial charge in [-0.1, -0.05) is 11.6 Å². The summed E-state index contributed by atoms with van der Waals surface area (Å²) in [6.45, 7) is 2.90. The van der Waals surface area contributed by atoms with E-state index in [0.29, 0.717) is 5.56 Å². The maximum absolute atomic E-state index is 11.0. The van der Waals surface area contributed by atoms with Gasteiger partial charge in [-0.25, -0.2) is 0 Å². The molecule has 0 spiro atoms. The quantitative estimate of drug-likeness (QED) is 0.431. The predicted molar refractivity (Wildman–Crippen MR) is 52.8 cm³/mol. The number of nitro groups is 1. The number of halogens is 1. The first kappa shape index (κ1) is 10.7. The average Bonchev–Trinajstić information content (AvgIpc) is 2.02. The molecule has 1 aromatic rings. The molecule has 0 saturated heterocycles. The Morgan fingerprint density at radius 1 is 1.50 bits per heavy atom. The van der Waals surface area contributed by atoms with Crippen LogP contribution in [-0.2, 0) is 0 Å². The second kappa shape index (κ2) is 3.75. The van der Waals surface area contributed by atoms with E-state index in [1.165, 1.54) is 19.1 Å². The Morgan fingerprint density at radius 2 is 2.07 bits per heavy atom. The molecule has 0 aromatic heterocycles. The third-order valence-electron chi connectivity index (χ3n) is 1.86. The summed E-state index contributed by atoms with van der Waals surface area (Å²) >= 11 is 5.76. The van der Waals surface area contributed by atoms with Crippen LogP contribution in [0.25, 0.3) is 0 Å². The van der Waals surface area contributed by atoms with Crippen LogP contribution in [0.3, 0.4) is 0 Å². The summed E-state index contributed by atoms with van der Waals surface area (Å²) in [6.07, 6.45) is 0. The lowest BCUT2D eigenvalue weighted by Crippen LogP contribution is -1.98. The Hall–Kier alpha value is -1.42. The normalized spacial score (nSPS) is 9.93. The molecular formula is C9H8ClNO3. The van der Waals surface area contributed by atoms with E-state index in [1.54, 1.807) is 6.92 Å². The Balaban J connectivity index is 3.42. The lowest BCUT2D eigenvalue weighted by Gasteiger charge is -2.02. The fraction of sp³-hybridized carbons (Fsp3) is 0.222. The average molecular weight is 214 g/mol. The van der Waals surface area contributed by atoms with Crippen molar-refractivity contribution in [1.29, 1.82) is 0 Å². The van der Waals surface area contributed by atoms with Crippen molar-refractivity contribution in [2.45, 2.75) is 13.8 Å². The second-order valence-electron chi connectivity index (χ2n) is 2.93. The number of aryl methyl sites for hydroxylation is 1. The van der Waals surface area contributed by atoms with Crippen LogP contribution in [0, 0.1) is 17.0 Å². The lowest BCUT2D eigenvalue weighted by molar-refractivity contribution is -0.385. The van der Waals surface area contributed by atoms with E-state index in [-0.39, 0.29) is 22.1 Å². The van der Waals surface area contributed by atoms with Crippen LogP contribution < -0.4 is 0 Å². The molecule has 5 heteroatoms. The Morgan fingerprint density at radius 3 is 2.50 bits per heavy atom. The summed E-state index contributed by atoms with van der Waals surface area (Å²) in [5.41, 5.74) is 0.550. The molecule has 0 amide bonds. The monoisotopic (exact) mass is 213 g/mol. The van der Waals surface area contributed by atoms with E-state index >= 15 is 0 Å². The van der Waals surface area contributed by atoms with Crippen LogP contribution in [0.15, 0.2) is 12.1 Å². The Labute approximate surface area is 85.6 Å². The minimum absolute atomic E-state index is 0.0837. The summed E-state index contributed by atoms with van der Waals surface area (Å²) in [7, 11) is 0. The zero-order valence-corrected chi connectivity index (χ0v) is 8.46. The van der Waals surface area contributed by atoms with Crippen molar-refractivity contribution in [3.63, 3.8) is 0 Å². The fourth-order valence-electron chi connectivity index (χ4n) is 1.13. The summed E-state index contributed by atoms with van der Waals surface area (Å²) in [4.78, 5) is 21.1. The van der Waals surface area contributed by atoms with Gasteiger partial charge in [0.15, 0.2) is 5.78 Å². The number of carbonyl (C=O) groups is 1. The number of nitrogens with zero attached hydrogens (tertiary/aromatic N) is 1. The van der Waals surface area contributed by atoms with Gasteiger partial charge < -0.3 is 0 Å². The van der Waals surface area contributed by atoms with Gasteiger partial charge in [0, 0.05) is 17.2 Å². The van der Waals surface area contributed by atoms with Gasteiger partial charge in [0.25, 0.3) is 5.69 Å². The summed E-state index contributed by atoms with van der Waals surface area (Å²) < 4.78 is 0. The smallest absolute Gasteiger partial charge is 0.273 e. The first-order chi connectivity index (χ1) is 6.43. The fourth-order valence-corrected chi connectivity index (χ4v) is 1.48. The number of carbonyl (C=O) groups excluding carboxylic acids is 1. The van der Waals surface area contributed by atoms with Gasteiger partial charge in [0.1, 0.15) is 0 Å². The van der Waals surface area contributed by atoms with Gasteiger partial charge in [-0.05, 0) is 19.9 Å². The largest absolute Gasteiger partial charge is 0.294 e. The lowest BCUT2D eigenvalue weighted by atomic mass is 10.1. The minimum Gasteiger partial charge on any atom is -0.294 e. The van der Waals surface area contributed by atoms with Crippen molar-refractivity contribution in [3.8, 4) is 0 Å². The van der Waals surface area contributed by atoms with Crippen LogP contribution in [-0.4, -0.2) is 10.7 Å². The number of benzene rings is 1. The molecule has 74 valence electrons. The van der Waals surface area contributed by atoms with Crippen molar-refractivity contribution in [3.05, 3.63) is 38.4 Å². The number of nitro benzene ring substituents is 1. The predicted octanol–water partition coefficient (Wildman–Crippen LogP) is 2.76. The second-order valence-corrected chi connectivity index (χ2v) is 3.34. The first-order valence-corrected chi connectivity index (χ1v) is 4.26. The molecule has 0 aliphatic heterocycles. The van der Waals surface area contributed by atoms with E-state index in [1.807, 2.05) is 0 Å². The van der Waals surface area contributed by atoms with Crippen molar-refractivity contribution < 1.29 is 9.72 Å². The van der Waals surface area contributed by atoms with E-state index in [4.69, 9.17) is 11.6 Å². The van der Waals surface area contributed by atoms with E-state index in [0.717, 1.165) is 0 Å². The van der Waals surface area contributed by atoms with Crippen LogP contribution in [0.2, 0.25) is 5.02 Å². The molecule has 0 radical (unpaired) electrons. The van der Waals surface area contributed by atoms with Gasteiger partial charge in [-0.15, -0.1) is 0 Å². The minimum atomic E-state index is -0.530. The van der Waals surface area contributed by atoms with Gasteiger partial charge in [0.05, 0.1) is 9.95 Å². The molecule has 0 fully saturated rings. The SMILES string of the molecule is CC(=O)c1cc([N+](=O)[O-])c(C)cc1Cl. The topological polar surface area (TPSA) is 60.2 Å². The van der Waals surface area contributed by atoms with Crippen LogP contribution in [0.5, 0.6) is 0 Å². The van der Waals surface area contributed by atoms with Gasteiger partial charge >= 0.3 is 0 Å². The molecule has 0 N–H and O–H groups in total. The standard InChI is InChI=1S/C9H8ClNO3/c1-5-3-8(10)7(6(2)12)4-9(5)11(13)14/h3-4H,1-2H3. The van der Waals surface area contributed by atoms with Crippen LogP contribution >= 0.6 is 11.6 Å². The molecule has 0 saturated carbocycles. The van der Waals surface area contributed by atoms with Crippen molar-refractivity contribution in [2.75, 3.05) is 0 Å². The molecule has 0 bridgehead atoms. The third kappa shape index (κ3) is 1.90. The van der Waals surface area contributed by atoms with Gasteiger partial charge in [-0.3, -0.25) is 14.9 Å². The molecule has 0 aliphatic carbocycles. The molecule has 14 heavy (non-hydrogen) atoms. The number of ketones is 1. The van der Waals surface area contributed by atoms with Gasteiger partial charge in [-0.2, -0.15) is 0 Å². The number of hydrogen-bond donors (Lipinski definition) is 0. The summed E-state index contributed by atoms with van der Waals surface area (Å²) in [5.74, 6) is -0.280. The number of Topliss-reactive ketones (excluding diaryl/α,β-unsaturated/α-hetero) is 1. The summed E-state index contributed by atoms with van der Waals surface area (Å²) in [5, 5.41) is 10.8. The molecule has 4 nitrogen and oxygen atoms in total. The highest BCUT2D eigenvalue weighted by atomic mass is 35.5. The molecule has 0 atom stereocenters. The molecular weight excluding hydrogens is 206 g/mol. The maximum atomic E-state index is 11.0. The van der Waals surface area contributed by atoms with E-state index in [2.05, 4.69) is 0 Å². The molecule has 1 aromatic carbocycles. The van der Waals surface area contributed by atoms with Crippen LogP contribution in [0.1, 0.15) is 22.8 Å². The van der Waals surface area contributed by atoms with Crippen molar-refractivity contribution in [1.82, 2.24) is 0 Å². The van der Waals surface area contributed by atoms with E-state index in [9.17, 15) is 14.9 Å². The van der Waals surface area contributed by atoms with Gasteiger partial charge in [0.2, 0.25) is 0 Å². The highest BCUT2D eigenvalue weighted by molar-refractivity contribution is 6.34. The zero-order valence-electron chi connectivity index (χ0n) is 7.70. The zero-order chi connectivity index (χ0) is 10.9. The molecule has 0 unspecified atom stereocenters. The highest BCUT2D eigenvalue weighted by Crippen LogP contribution is 2.26. The maximum Gasteiger partial charge on any atom is 0.273 e. The molecule has 0 heterocycles. The van der Waals surface area contributed by atoms with E-state index < -0.39 is 4.92 Å². The third-order valence-corrected chi connectivity index (χ3v) is 2.17. The Kier molecular flexibility index (Phi) is 2.86. The molecule has 0 aliphatic rings. The highest BCUT2D eigenvalue weighted by Gasteiger charge is 2.16. The Bertz CT molecular complexity index is 380. The number of rotatable bonds is 2. The molecule has 1 rings (SSSR count). The van der Waals surface area contributed by atoms with Crippen LogP contribution in [0.4, 0.5) is 5.69 Å². The van der Waals surface area contributed by atoms with Crippen molar-refractivity contribution >= 4 is 23.1 Å². The number of hydrogen-bond acceptors (Lipinski definition) is 3. The summed E-state index contributed by atoms with van der Waals surface area (Å²) in [6, 6.07) is 2.64.